The summed E-state index contributed by atoms with van der Waals surface area (Å²) in [4.78, 5) is 8.18. The third kappa shape index (κ3) is 2.21. The summed E-state index contributed by atoms with van der Waals surface area (Å²) in [7, 11) is 0. The highest BCUT2D eigenvalue weighted by Crippen LogP contribution is 2.27. The molecule has 0 fully saturated rings. The number of aliphatic imine (C=N–C) groups is 2. The maximum absolute atomic E-state index is 4.09. The minimum Gasteiger partial charge on any atom is -0.0968 e. The molecule has 2 heteroatoms. The Hall–Kier alpha value is -0.790. The van der Waals surface area contributed by atoms with Crippen molar-refractivity contribution in [3.05, 3.63) is 6.17 Å². The SMILES string of the molecule is CC(C)(C)C[C+]1N=CC=N1. The lowest BCUT2D eigenvalue weighted by atomic mass is 9.91. The second-order valence-corrected chi connectivity index (χ2v) is 3.71. The van der Waals surface area contributed by atoms with Crippen molar-refractivity contribution in [1.82, 2.24) is 0 Å². The van der Waals surface area contributed by atoms with E-state index in [0.717, 1.165) is 12.6 Å². The molecule has 1 rings (SSSR count). The third-order valence-corrected chi connectivity index (χ3v) is 1.20. The van der Waals surface area contributed by atoms with E-state index in [1.54, 1.807) is 12.4 Å². The molecule has 0 radical (unpaired) electrons. The lowest BCUT2D eigenvalue weighted by molar-refractivity contribution is 0.385. The molecule has 0 bridgehead atoms. The van der Waals surface area contributed by atoms with Crippen molar-refractivity contribution < 1.29 is 0 Å². The Morgan fingerprint density at radius 1 is 1.20 bits per heavy atom. The Morgan fingerprint density at radius 2 is 1.70 bits per heavy atom. The van der Waals surface area contributed by atoms with Crippen LogP contribution in [0.25, 0.3) is 0 Å². The van der Waals surface area contributed by atoms with Crippen LogP contribution in [0.3, 0.4) is 0 Å². The van der Waals surface area contributed by atoms with Crippen molar-refractivity contribution in [2.24, 2.45) is 15.4 Å². The topological polar surface area (TPSA) is 24.7 Å². The van der Waals surface area contributed by atoms with E-state index in [0.29, 0.717) is 5.41 Å². The smallest absolute Gasteiger partial charge is 0.0968 e. The van der Waals surface area contributed by atoms with Crippen molar-refractivity contribution in [3.63, 3.8) is 0 Å². The molecule has 1 aliphatic heterocycles. The van der Waals surface area contributed by atoms with Gasteiger partial charge >= 0.3 is 0 Å². The highest BCUT2D eigenvalue weighted by molar-refractivity contribution is 6.18. The van der Waals surface area contributed by atoms with Crippen molar-refractivity contribution >= 4 is 12.4 Å². The van der Waals surface area contributed by atoms with Gasteiger partial charge in [0, 0.05) is 0 Å². The molecule has 0 aromatic heterocycles. The van der Waals surface area contributed by atoms with E-state index in [9.17, 15) is 0 Å². The summed E-state index contributed by atoms with van der Waals surface area (Å²) in [5.41, 5.74) is 0.300. The second-order valence-electron chi connectivity index (χ2n) is 3.71. The zero-order chi connectivity index (χ0) is 7.61. The largest absolute Gasteiger partial charge is 0.241 e. The molecule has 0 atom stereocenters. The molecular weight excluding hydrogens is 124 g/mol. The van der Waals surface area contributed by atoms with Crippen LogP contribution in [0.4, 0.5) is 0 Å². The van der Waals surface area contributed by atoms with Gasteiger partial charge in [0.15, 0.2) is 12.4 Å². The second kappa shape index (κ2) is 2.45. The van der Waals surface area contributed by atoms with Crippen molar-refractivity contribution in [3.8, 4) is 0 Å². The molecule has 0 aliphatic carbocycles. The van der Waals surface area contributed by atoms with Crippen LogP contribution in [0.15, 0.2) is 9.98 Å². The molecule has 0 spiro atoms. The highest BCUT2D eigenvalue weighted by atomic mass is 15.0. The fourth-order valence-electron chi connectivity index (χ4n) is 0.838. The Kier molecular flexibility index (Phi) is 1.79. The maximum atomic E-state index is 4.09. The zero-order valence-electron chi connectivity index (χ0n) is 6.76. The van der Waals surface area contributed by atoms with Gasteiger partial charge in [0.05, 0.1) is 6.42 Å². The lowest BCUT2D eigenvalue weighted by Crippen LogP contribution is -2.07. The van der Waals surface area contributed by atoms with Gasteiger partial charge in [-0.25, -0.2) is 0 Å². The Bertz CT molecular complexity index is 151. The molecule has 0 saturated carbocycles. The standard InChI is InChI=1S/C8H13N2/c1-8(2,3)6-7-9-4-5-10-7/h4-5H,6H2,1-3H3/q+1. The van der Waals surface area contributed by atoms with Gasteiger partial charge in [-0.05, 0) is 5.41 Å². The van der Waals surface area contributed by atoms with Crippen LogP contribution >= 0.6 is 0 Å². The molecular formula is C8H13N2+. The summed E-state index contributed by atoms with van der Waals surface area (Å²) in [6.07, 6.45) is 5.38. The van der Waals surface area contributed by atoms with Gasteiger partial charge < -0.3 is 0 Å². The van der Waals surface area contributed by atoms with E-state index < -0.39 is 0 Å². The van der Waals surface area contributed by atoms with Crippen LogP contribution in [0, 0.1) is 11.6 Å². The fourth-order valence-corrected chi connectivity index (χ4v) is 0.838. The summed E-state index contributed by atoms with van der Waals surface area (Å²) in [5.74, 6) is 0. The summed E-state index contributed by atoms with van der Waals surface area (Å²) in [5, 5.41) is 0. The van der Waals surface area contributed by atoms with Crippen LogP contribution < -0.4 is 0 Å². The third-order valence-electron chi connectivity index (χ3n) is 1.20. The van der Waals surface area contributed by atoms with E-state index in [4.69, 9.17) is 0 Å². The normalized spacial score (nSPS) is 16.9. The summed E-state index contributed by atoms with van der Waals surface area (Å²) >= 11 is 0. The quantitative estimate of drug-likeness (QED) is 0.494. The Balaban J connectivity index is 2.40. The Morgan fingerprint density at radius 3 is 2.10 bits per heavy atom. The van der Waals surface area contributed by atoms with E-state index >= 15 is 0 Å². The van der Waals surface area contributed by atoms with Crippen LogP contribution in [0.2, 0.25) is 0 Å². The predicted octanol–water partition coefficient (Wildman–Crippen LogP) is 2.07. The van der Waals surface area contributed by atoms with Crippen LogP contribution in [0.5, 0.6) is 0 Å². The lowest BCUT2D eigenvalue weighted by Gasteiger charge is -2.14. The molecule has 1 heterocycles. The first kappa shape index (κ1) is 7.32. The number of nitrogens with zero attached hydrogens (tertiary/aromatic N) is 2. The first-order valence-corrected chi connectivity index (χ1v) is 3.50. The molecule has 0 amide bonds. The number of hydrogen-bond donors (Lipinski definition) is 0. The molecule has 54 valence electrons. The van der Waals surface area contributed by atoms with E-state index in [1.165, 1.54) is 0 Å². The van der Waals surface area contributed by atoms with E-state index in [1.807, 2.05) is 0 Å². The molecule has 0 aromatic carbocycles. The fraction of sp³-hybridized carbons (Fsp3) is 0.625. The summed E-state index contributed by atoms with van der Waals surface area (Å²) in [6.45, 7) is 6.55. The van der Waals surface area contributed by atoms with Crippen molar-refractivity contribution in [2.45, 2.75) is 27.2 Å². The van der Waals surface area contributed by atoms with E-state index in [-0.39, 0.29) is 0 Å². The monoisotopic (exact) mass is 137 g/mol. The first-order valence-electron chi connectivity index (χ1n) is 3.50. The average Bonchev–Trinajstić information content (AvgIpc) is 2.12. The van der Waals surface area contributed by atoms with Crippen molar-refractivity contribution in [2.75, 3.05) is 0 Å². The average molecular weight is 137 g/mol. The minimum absolute atomic E-state index is 0.300. The maximum Gasteiger partial charge on any atom is 0.241 e. The molecule has 0 N–H and O–H groups in total. The van der Waals surface area contributed by atoms with Gasteiger partial charge in [0.1, 0.15) is 0 Å². The van der Waals surface area contributed by atoms with E-state index in [2.05, 4.69) is 30.8 Å². The molecule has 0 saturated heterocycles. The summed E-state index contributed by atoms with van der Waals surface area (Å²) in [6, 6.07) is 0. The van der Waals surface area contributed by atoms with Gasteiger partial charge in [0.2, 0.25) is 6.17 Å². The molecule has 1 aliphatic rings. The van der Waals surface area contributed by atoms with Gasteiger partial charge in [-0.2, -0.15) is 0 Å². The van der Waals surface area contributed by atoms with Crippen LogP contribution in [0.1, 0.15) is 27.2 Å². The minimum atomic E-state index is 0.300. The van der Waals surface area contributed by atoms with Crippen molar-refractivity contribution in [1.29, 1.82) is 0 Å². The van der Waals surface area contributed by atoms with Crippen LogP contribution in [-0.2, 0) is 0 Å². The highest BCUT2D eigenvalue weighted by Gasteiger charge is 2.24. The number of rotatable bonds is 1. The first-order chi connectivity index (χ1) is 4.58. The van der Waals surface area contributed by atoms with Gasteiger partial charge in [-0.3, -0.25) is 0 Å². The predicted molar refractivity (Wildman–Crippen MR) is 44.3 cm³/mol. The van der Waals surface area contributed by atoms with Gasteiger partial charge in [-0.1, -0.05) is 30.8 Å². The number of hydrogen-bond acceptors (Lipinski definition) is 2. The zero-order valence-corrected chi connectivity index (χ0v) is 6.76. The molecule has 10 heavy (non-hydrogen) atoms. The molecule has 0 unspecified atom stereocenters. The Labute approximate surface area is 62.1 Å². The molecule has 2 nitrogen and oxygen atoms in total. The molecule has 0 aromatic rings. The summed E-state index contributed by atoms with van der Waals surface area (Å²) < 4.78 is 0. The van der Waals surface area contributed by atoms with Crippen LogP contribution in [-0.4, -0.2) is 12.4 Å². The van der Waals surface area contributed by atoms with Gasteiger partial charge in [0.25, 0.3) is 0 Å². The van der Waals surface area contributed by atoms with Gasteiger partial charge in [-0.15, -0.1) is 0 Å².